The highest BCUT2D eigenvalue weighted by Crippen LogP contribution is 2.30. The van der Waals surface area contributed by atoms with Gasteiger partial charge in [-0.3, -0.25) is 19.7 Å². The number of benzene rings is 2. The van der Waals surface area contributed by atoms with E-state index in [1.807, 2.05) is 0 Å². The van der Waals surface area contributed by atoms with E-state index in [-0.39, 0.29) is 17.2 Å². The topological polar surface area (TPSA) is 105 Å². The molecule has 0 atom stereocenters. The van der Waals surface area contributed by atoms with Crippen molar-refractivity contribution in [3.8, 4) is 0 Å². The Labute approximate surface area is 169 Å². The molecule has 2 aromatic carbocycles. The summed E-state index contributed by atoms with van der Waals surface area (Å²) in [5, 5.41) is 16.8. The number of nitro benzene ring substituents is 1. The Morgan fingerprint density at radius 2 is 1.69 bits per heavy atom. The monoisotopic (exact) mass is 396 g/mol. The van der Waals surface area contributed by atoms with Crippen LogP contribution in [0.4, 0.5) is 22.7 Å². The predicted molar refractivity (Wildman–Crippen MR) is 113 cm³/mol. The molecule has 1 fully saturated rings. The van der Waals surface area contributed by atoms with Gasteiger partial charge >= 0.3 is 0 Å². The van der Waals surface area contributed by atoms with Gasteiger partial charge in [0.05, 0.1) is 16.2 Å². The van der Waals surface area contributed by atoms with Crippen molar-refractivity contribution in [2.24, 2.45) is 0 Å². The molecule has 1 aliphatic rings. The van der Waals surface area contributed by atoms with Gasteiger partial charge in [-0.25, -0.2) is 0 Å². The fraction of sp³-hybridized carbons (Fsp3) is 0.333. The van der Waals surface area contributed by atoms with Crippen LogP contribution < -0.4 is 15.5 Å². The first-order valence-corrected chi connectivity index (χ1v) is 9.59. The molecule has 0 aromatic heterocycles. The van der Waals surface area contributed by atoms with Crippen LogP contribution in [0.2, 0.25) is 0 Å². The number of rotatable bonds is 5. The molecule has 0 spiro atoms. The molecule has 0 aliphatic carbocycles. The number of nitrogens with zero attached hydrogens (tertiary/aromatic N) is 2. The molecule has 0 radical (unpaired) electrons. The van der Waals surface area contributed by atoms with Crippen LogP contribution in [0.1, 0.15) is 42.1 Å². The normalized spacial score (nSPS) is 13.7. The van der Waals surface area contributed by atoms with E-state index in [2.05, 4.69) is 15.5 Å². The molecule has 8 nitrogen and oxygen atoms in total. The van der Waals surface area contributed by atoms with Gasteiger partial charge in [0.25, 0.3) is 11.6 Å². The zero-order valence-electron chi connectivity index (χ0n) is 16.5. The van der Waals surface area contributed by atoms with Gasteiger partial charge in [-0.05, 0) is 49.9 Å². The van der Waals surface area contributed by atoms with Gasteiger partial charge in [0.15, 0.2) is 0 Å². The summed E-state index contributed by atoms with van der Waals surface area (Å²) in [7, 11) is 0. The van der Waals surface area contributed by atoms with Crippen molar-refractivity contribution < 1.29 is 14.5 Å². The van der Waals surface area contributed by atoms with Crippen LogP contribution >= 0.6 is 0 Å². The number of carbonyl (C=O) groups is 2. The number of amides is 2. The minimum Gasteiger partial charge on any atom is -0.371 e. The van der Waals surface area contributed by atoms with Crippen LogP contribution in [0.3, 0.4) is 0 Å². The maximum absolute atomic E-state index is 13.1. The summed E-state index contributed by atoms with van der Waals surface area (Å²) < 4.78 is 0. The molecule has 29 heavy (non-hydrogen) atoms. The largest absolute Gasteiger partial charge is 0.371 e. The van der Waals surface area contributed by atoms with Crippen LogP contribution in [0.25, 0.3) is 0 Å². The van der Waals surface area contributed by atoms with Crippen LogP contribution in [-0.2, 0) is 4.79 Å². The maximum atomic E-state index is 13.1. The summed E-state index contributed by atoms with van der Waals surface area (Å²) in [5.74, 6) is -0.625. The third-order valence-electron chi connectivity index (χ3n) is 5.03. The Morgan fingerprint density at radius 1 is 1.03 bits per heavy atom. The van der Waals surface area contributed by atoms with E-state index in [4.69, 9.17) is 0 Å². The molecule has 2 amide bonds. The molecule has 1 saturated heterocycles. The number of carbonyl (C=O) groups excluding carboxylic acids is 2. The van der Waals surface area contributed by atoms with Crippen molar-refractivity contribution in [2.45, 2.75) is 33.1 Å². The first-order valence-electron chi connectivity index (χ1n) is 9.59. The van der Waals surface area contributed by atoms with Gasteiger partial charge in [-0.2, -0.15) is 0 Å². The molecular weight excluding hydrogens is 372 g/mol. The number of anilines is 3. The number of hydrogen-bond donors (Lipinski definition) is 2. The van der Waals surface area contributed by atoms with Crippen LogP contribution in [0, 0.1) is 17.0 Å². The van der Waals surface area contributed by atoms with E-state index >= 15 is 0 Å². The second kappa shape index (κ2) is 8.72. The van der Waals surface area contributed by atoms with Crippen LogP contribution in [0.15, 0.2) is 36.4 Å². The van der Waals surface area contributed by atoms with Crippen molar-refractivity contribution in [1.82, 2.24) is 0 Å². The van der Waals surface area contributed by atoms with Crippen LogP contribution in [-0.4, -0.2) is 29.8 Å². The lowest BCUT2D eigenvalue weighted by Gasteiger charge is -2.30. The zero-order valence-corrected chi connectivity index (χ0v) is 16.5. The van der Waals surface area contributed by atoms with E-state index in [0.29, 0.717) is 22.6 Å². The van der Waals surface area contributed by atoms with Gasteiger partial charge in [0.2, 0.25) is 5.91 Å². The fourth-order valence-corrected chi connectivity index (χ4v) is 3.52. The van der Waals surface area contributed by atoms with Gasteiger partial charge in [0, 0.05) is 43.5 Å². The lowest BCUT2D eigenvalue weighted by Crippen LogP contribution is -2.31. The van der Waals surface area contributed by atoms with Gasteiger partial charge in [0.1, 0.15) is 0 Å². The highest BCUT2D eigenvalue weighted by Gasteiger charge is 2.22. The minimum atomic E-state index is -0.501. The molecule has 0 bridgehead atoms. The Balaban J connectivity index is 1.94. The number of non-ortho nitro benzene ring substituents is 1. The quantitative estimate of drug-likeness (QED) is 0.585. The standard InChI is InChI=1S/C21H24N4O4/c1-14-18(22-15(2)26)7-6-8-19(14)23-21(27)17-13-16(25(28)29)9-10-20(17)24-11-4-3-5-12-24/h6-10,13H,3-5,11-12H2,1-2H3,(H,22,26)(H,23,27). The third kappa shape index (κ3) is 4.71. The molecule has 2 N–H and O–H groups in total. The summed E-state index contributed by atoms with van der Waals surface area (Å²) >= 11 is 0. The average Bonchev–Trinajstić information content (AvgIpc) is 2.70. The molecule has 1 aliphatic heterocycles. The van der Waals surface area contributed by atoms with Crippen molar-refractivity contribution in [3.05, 3.63) is 57.6 Å². The molecule has 2 aromatic rings. The smallest absolute Gasteiger partial charge is 0.270 e. The van der Waals surface area contributed by atoms with E-state index in [1.165, 1.54) is 19.1 Å². The number of nitro groups is 1. The highest BCUT2D eigenvalue weighted by molar-refractivity contribution is 6.09. The number of hydrogen-bond acceptors (Lipinski definition) is 5. The summed E-state index contributed by atoms with van der Waals surface area (Å²) in [5.41, 5.74) is 2.69. The van der Waals surface area contributed by atoms with Crippen molar-refractivity contribution in [3.63, 3.8) is 0 Å². The minimum absolute atomic E-state index is 0.125. The van der Waals surface area contributed by atoms with E-state index in [9.17, 15) is 19.7 Å². The maximum Gasteiger partial charge on any atom is 0.270 e. The molecule has 0 saturated carbocycles. The van der Waals surface area contributed by atoms with E-state index in [1.54, 1.807) is 31.2 Å². The van der Waals surface area contributed by atoms with Gasteiger partial charge in [-0.15, -0.1) is 0 Å². The van der Waals surface area contributed by atoms with E-state index < -0.39 is 10.8 Å². The lowest BCUT2D eigenvalue weighted by atomic mass is 10.1. The van der Waals surface area contributed by atoms with Gasteiger partial charge in [-0.1, -0.05) is 6.07 Å². The number of piperidine rings is 1. The van der Waals surface area contributed by atoms with Crippen LogP contribution in [0.5, 0.6) is 0 Å². The van der Waals surface area contributed by atoms with Crippen molar-refractivity contribution in [2.75, 3.05) is 28.6 Å². The molecule has 1 heterocycles. The molecule has 0 unspecified atom stereocenters. The number of nitrogens with one attached hydrogen (secondary N) is 2. The first kappa shape index (κ1) is 20.3. The zero-order chi connectivity index (χ0) is 21.0. The van der Waals surface area contributed by atoms with Gasteiger partial charge < -0.3 is 15.5 Å². The SMILES string of the molecule is CC(=O)Nc1cccc(NC(=O)c2cc([N+](=O)[O-])ccc2N2CCCCC2)c1C. The van der Waals surface area contributed by atoms with E-state index in [0.717, 1.165) is 32.4 Å². The summed E-state index contributed by atoms with van der Waals surface area (Å²) in [6.07, 6.45) is 3.19. The predicted octanol–water partition coefficient (Wildman–Crippen LogP) is 4.10. The van der Waals surface area contributed by atoms with Crippen molar-refractivity contribution >= 4 is 34.6 Å². The Bertz CT molecular complexity index is 952. The fourth-order valence-electron chi connectivity index (χ4n) is 3.52. The van der Waals surface area contributed by atoms with Crippen molar-refractivity contribution in [1.29, 1.82) is 0 Å². The summed E-state index contributed by atoms with van der Waals surface area (Å²) in [6.45, 7) is 4.84. The first-order chi connectivity index (χ1) is 13.9. The molecule has 152 valence electrons. The Kier molecular flexibility index (Phi) is 6.11. The molecular formula is C21H24N4O4. The Morgan fingerprint density at radius 3 is 2.31 bits per heavy atom. The summed E-state index contributed by atoms with van der Waals surface area (Å²) in [4.78, 5) is 37.3. The second-order valence-electron chi connectivity index (χ2n) is 7.12. The highest BCUT2D eigenvalue weighted by atomic mass is 16.6. The Hall–Kier alpha value is -3.42. The summed E-state index contributed by atoms with van der Waals surface area (Å²) in [6, 6.07) is 9.62. The molecule has 8 heteroatoms. The third-order valence-corrected chi connectivity index (χ3v) is 5.03. The lowest BCUT2D eigenvalue weighted by molar-refractivity contribution is -0.384. The average molecular weight is 396 g/mol. The molecule has 3 rings (SSSR count). The second-order valence-corrected chi connectivity index (χ2v) is 7.12.